The third kappa shape index (κ3) is 6.88. The Balaban J connectivity index is 1.95. The van der Waals surface area contributed by atoms with E-state index in [2.05, 4.69) is 4.98 Å². The number of aromatic nitrogens is 1. The minimum atomic E-state index is -0.479. The monoisotopic (exact) mass is 432 g/mol. The van der Waals surface area contributed by atoms with Gasteiger partial charge in [-0.3, -0.25) is 9.69 Å². The van der Waals surface area contributed by atoms with Crippen molar-refractivity contribution < 1.29 is 23.8 Å². The molecule has 0 saturated carbocycles. The molecule has 0 bridgehead atoms. The first-order chi connectivity index (χ1) is 14.5. The number of hydrogen-bond donors (Lipinski definition) is 0. The summed E-state index contributed by atoms with van der Waals surface area (Å²) in [5, 5.41) is 2.38. The summed E-state index contributed by atoms with van der Waals surface area (Å²) >= 11 is 1.34. The Morgan fingerprint density at radius 3 is 2.63 bits per heavy atom. The molecule has 30 heavy (non-hydrogen) atoms. The summed E-state index contributed by atoms with van der Waals surface area (Å²) in [5.74, 6) is 0.774. The SMILES string of the molecule is CCCOc1ccc(/C=C/C(=O)OCc2csc(N(CC)C(C)=O)n2)cc1OCC. The number of nitrogens with zero attached hydrogens (tertiary/aromatic N) is 2. The number of amides is 1. The first-order valence-electron chi connectivity index (χ1n) is 9.95. The molecule has 0 spiro atoms. The van der Waals surface area contributed by atoms with Gasteiger partial charge in [-0.15, -0.1) is 11.3 Å². The van der Waals surface area contributed by atoms with Gasteiger partial charge in [0.15, 0.2) is 16.6 Å². The smallest absolute Gasteiger partial charge is 0.331 e. The summed E-state index contributed by atoms with van der Waals surface area (Å²) in [6, 6.07) is 5.51. The fourth-order valence-corrected chi connectivity index (χ4v) is 3.48. The van der Waals surface area contributed by atoms with Crippen LogP contribution < -0.4 is 14.4 Å². The van der Waals surface area contributed by atoms with Crippen LogP contribution in [0.1, 0.15) is 45.4 Å². The van der Waals surface area contributed by atoms with Crippen LogP contribution in [-0.2, 0) is 20.9 Å². The summed E-state index contributed by atoms with van der Waals surface area (Å²) < 4.78 is 16.6. The van der Waals surface area contributed by atoms with Gasteiger partial charge in [0, 0.05) is 24.9 Å². The van der Waals surface area contributed by atoms with Gasteiger partial charge in [-0.1, -0.05) is 13.0 Å². The molecule has 2 rings (SSSR count). The van der Waals surface area contributed by atoms with Crippen molar-refractivity contribution in [3.05, 3.63) is 40.9 Å². The number of ether oxygens (including phenoxy) is 3. The minimum absolute atomic E-state index is 0.0448. The van der Waals surface area contributed by atoms with Crippen molar-refractivity contribution in [1.29, 1.82) is 0 Å². The van der Waals surface area contributed by atoms with Gasteiger partial charge in [-0.25, -0.2) is 9.78 Å². The van der Waals surface area contributed by atoms with Crippen LogP contribution in [0.2, 0.25) is 0 Å². The van der Waals surface area contributed by atoms with Crippen LogP contribution in [0.4, 0.5) is 5.13 Å². The highest BCUT2D eigenvalue weighted by atomic mass is 32.1. The Kier molecular flexibility index (Phi) is 9.34. The lowest BCUT2D eigenvalue weighted by atomic mass is 10.2. The normalized spacial score (nSPS) is 10.8. The minimum Gasteiger partial charge on any atom is -0.490 e. The van der Waals surface area contributed by atoms with Gasteiger partial charge in [0.1, 0.15) is 6.61 Å². The topological polar surface area (TPSA) is 78.0 Å². The number of rotatable bonds is 11. The molecule has 0 aliphatic heterocycles. The summed E-state index contributed by atoms with van der Waals surface area (Å²) in [4.78, 5) is 29.6. The van der Waals surface area contributed by atoms with E-state index < -0.39 is 5.97 Å². The second-order valence-electron chi connectivity index (χ2n) is 6.31. The van der Waals surface area contributed by atoms with E-state index in [-0.39, 0.29) is 12.5 Å². The summed E-state index contributed by atoms with van der Waals surface area (Å²) in [5.41, 5.74) is 1.41. The molecule has 0 radical (unpaired) electrons. The van der Waals surface area contributed by atoms with Crippen LogP contribution in [0.5, 0.6) is 11.5 Å². The second kappa shape index (κ2) is 12.0. The molecule has 0 atom stereocenters. The zero-order valence-electron chi connectivity index (χ0n) is 17.8. The Morgan fingerprint density at radius 2 is 1.97 bits per heavy atom. The maximum Gasteiger partial charge on any atom is 0.331 e. The molecule has 0 N–H and O–H groups in total. The van der Waals surface area contributed by atoms with E-state index in [0.717, 1.165) is 12.0 Å². The van der Waals surface area contributed by atoms with Gasteiger partial charge in [0.2, 0.25) is 5.91 Å². The predicted octanol–water partition coefficient (Wildman–Crippen LogP) is 4.46. The largest absolute Gasteiger partial charge is 0.490 e. The van der Waals surface area contributed by atoms with E-state index >= 15 is 0 Å². The first kappa shape index (κ1) is 23.4. The molecule has 7 nitrogen and oxygen atoms in total. The Labute approximate surface area is 181 Å². The number of benzene rings is 1. The van der Waals surface area contributed by atoms with Crippen molar-refractivity contribution in [1.82, 2.24) is 4.98 Å². The van der Waals surface area contributed by atoms with Crippen LogP contribution in [0.15, 0.2) is 29.7 Å². The second-order valence-corrected chi connectivity index (χ2v) is 7.15. The van der Waals surface area contributed by atoms with E-state index in [4.69, 9.17) is 14.2 Å². The van der Waals surface area contributed by atoms with Gasteiger partial charge in [0.05, 0.1) is 18.9 Å². The van der Waals surface area contributed by atoms with Crippen LogP contribution in [-0.4, -0.2) is 36.6 Å². The third-order valence-corrected chi connectivity index (χ3v) is 4.88. The van der Waals surface area contributed by atoms with Gasteiger partial charge in [0.25, 0.3) is 0 Å². The maximum atomic E-state index is 12.1. The highest BCUT2D eigenvalue weighted by molar-refractivity contribution is 7.14. The molecular weight excluding hydrogens is 404 g/mol. The van der Waals surface area contributed by atoms with E-state index in [0.29, 0.717) is 42.1 Å². The number of esters is 1. The Bertz CT molecular complexity index is 878. The average molecular weight is 433 g/mol. The van der Waals surface area contributed by atoms with Crippen molar-refractivity contribution in [2.75, 3.05) is 24.7 Å². The number of hydrogen-bond acceptors (Lipinski definition) is 7. The zero-order chi connectivity index (χ0) is 21.9. The predicted molar refractivity (Wildman–Crippen MR) is 118 cm³/mol. The molecule has 1 aromatic carbocycles. The van der Waals surface area contributed by atoms with Gasteiger partial charge >= 0.3 is 5.97 Å². The average Bonchev–Trinajstić information content (AvgIpc) is 3.19. The Morgan fingerprint density at radius 1 is 1.17 bits per heavy atom. The summed E-state index contributed by atoms with van der Waals surface area (Å²) in [7, 11) is 0. The van der Waals surface area contributed by atoms with Crippen LogP contribution in [0, 0.1) is 0 Å². The first-order valence-corrected chi connectivity index (χ1v) is 10.8. The number of anilines is 1. The molecule has 1 amide bonds. The fourth-order valence-electron chi connectivity index (χ4n) is 2.56. The molecule has 2 aromatic rings. The summed E-state index contributed by atoms with van der Waals surface area (Å²) in [6.45, 7) is 9.04. The van der Waals surface area contributed by atoms with Crippen LogP contribution in [0.25, 0.3) is 6.08 Å². The molecule has 0 fully saturated rings. The lowest BCUT2D eigenvalue weighted by molar-refractivity contribution is -0.139. The number of thiazole rings is 1. The quantitative estimate of drug-likeness (QED) is 0.385. The van der Waals surface area contributed by atoms with E-state index in [9.17, 15) is 9.59 Å². The highest BCUT2D eigenvalue weighted by Gasteiger charge is 2.14. The van der Waals surface area contributed by atoms with Gasteiger partial charge in [-0.2, -0.15) is 0 Å². The van der Waals surface area contributed by atoms with Gasteiger partial charge in [-0.05, 0) is 44.0 Å². The van der Waals surface area contributed by atoms with Crippen molar-refractivity contribution in [2.45, 2.75) is 40.7 Å². The fraction of sp³-hybridized carbons (Fsp3) is 0.409. The highest BCUT2D eigenvalue weighted by Crippen LogP contribution is 2.29. The van der Waals surface area contributed by atoms with E-state index in [1.165, 1.54) is 24.3 Å². The van der Waals surface area contributed by atoms with E-state index in [1.54, 1.807) is 16.4 Å². The molecule has 162 valence electrons. The number of carbonyl (C=O) groups is 2. The van der Waals surface area contributed by atoms with E-state index in [1.807, 2.05) is 39.0 Å². The third-order valence-electron chi connectivity index (χ3n) is 3.97. The number of carbonyl (C=O) groups excluding carboxylic acids is 2. The molecule has 0 aliphatic carbocycles. The van der Waals surface area contributed by atoms with Crippen LogP contribution in [0.3, 0.4) is 0 Å². The molecule has 8 heteroatoms. The molecule has 0 unspecified atom stereocenters. The maximum absolute atomic E-state index is 12.1. The lowest BCUT2D eigenvalue weighted by Gasteiger charge is -2.14. The Hall–Kier alpha value is -2.87. The molecule has 0 aliphatic rings. The van der Waals surface area contributed by atoms with Crippen molar-refractivity contribution in [2.24, 2.45) is 0 Å². The molecule has 1 heterocycles. The zero-order valence-corrected chi connectivity index (χ0v) is 18.7. The lowest BCUT2D eigenvalue weighted by Crippen LogP contribution is -2.27. The van der Waals surface area contributed by atoms with Crippen LogP contribution >= 0.6 is 11.3 Å². The molecule has 1 aromatic heterocycles. The molecular formula is C22H28N2O5S. The molecule has 0 saturated heterocycles. The van der Waals surface area contributed by atoms with Crippen molar-refractivity contribution in [3.8, 4) is 11.5 Å². The van der Waals surface area contributed by atoms with Crippen molar-refractivity contribution in [3.63, 3.8) is 0 Å². The van der Waals surface area contributed by atoms with Gasteiger partial charge < -0.3 is 14.2 Å². The summed E-state index contributed by atoms with van der Waals surface area (Å²) in [6.07, 6.45) is 3.93. The standard InChI is InChI=1S/C22H28N2O5S/c1-5-12-28-19-10-8-17(13-20(19)27-7-3)9-11-21(26)29-14-18-15-30-22(23-18)24(6-2)16(4)25/h8-11,13,15H,5-7,12,14H2,1-4H3/b11-9+. The van der Waals surface area contributed by atoms with Crippen molar-refractivity contribution >= 4 is 34.4 Å².